The summed E-state index contributed by atoms with van der Waals surface area (Å²) in [4.78, 5) is 12.2. The molecule has 0 aliphatic carbocycles. The predicted molar refractivity (Wildman–Crippen MR) is 89.0 cm³/mol. The van der Waals surface area contributed by atoms with Crippen LogP contribution in [0.3, 0.4) is 0 Å². The highest BCUT2D eigenvalue weighted by Crippen LogP contribution is 2.15. The molecule has 1 aromatic carbocycles. The van der Waals surface area contributed by atoms with Crippen LogP contribution in [0.1, 0.15) is 35.7 Å². The number of amides is 1. The molecule has 20 heavy (non-hydrogen) atoms. The molecule has 106 valence electrons. The zero-order chi connectivity index (χ0) is 14.5. The molecule has 0 atom stereocenters. The summed E-state index contributed by atoms with van der Waals surface area (Å²) in [6.45, 7) is 4.99. The summed E-state index contributed by atoms with van der Waals surface area (Å²) in [5, 5.41) is 7.15. The Kier molecular flexibility index (Phi) is 5.17. The number of nitrogens with one attached hydrogen (secondary N) is 1. The number of benzene rings is 1. The van der Waals surface area contributed by atoms with Gasteiger partial charge in [0.2, 0.25) is 0 Å². The second-order valence-electron chi connectivity index (χ2n) is 4.71. The highest BCUT2D eigenvalue weighted by molar-refractivity contribution is 14.1. The van der Waals surface area contributed by atoms with Gasteiger partial charge in [-0.15, -0.1) is 0 Å². The molecule has 1 aromatic heterocycles. The molecular weight excluding hydrogens is 365 g/mol. The molecule has 0 aliphatic heterocycles. The molecule has 2 rings (SSSR count). The summed E-state index contributed by atoms with van der Waals surface area (Å²) in [6, 6.07) is 7.54. The zero-order valence-corrected chi connectivity index (χ0v) is 13.8. The number of nitrogens with zero attached hydrogens (tertiary/aromatic N) is 2. The first kappa shape index (κ1) is 15.0. The van der Waals surface area contributed by atoms with Crippen molar-refractivity contribution in [2.75, 3.05) is 5.32 Å². The lowest BCUT2D eigenvalue weighted by atomic mass is 10.1. The molecule has 1 N–H and O–H groups in total. The van der Waals surface area contributed by atoms with Crippen LogP contribution in [-0.2, 0) is 6.54 Å². The number of aromatic nitrogens is 2. The Balaban J connectivity index is 2.11. The molecule has 1 amide bonds. The maximum atomic E-state index is 12.2. The van der Waals surface area contributed by atoms with Crippen LogP contribution in [0.2, 0.25) is 0 Å². The van der Waals surface area contributed by atoms with Crippen LogP contribution in [-0.4, -0.2) is 15.7 Å². The molecule has 0 bridgehead atoms. The van der Waals surface area contributed by atoms with E-state index >= 15 is 0 Å². The van der Waals surface area contributed by atoms with E-state index in [9.17, 15) is 4.79 Å². The summed E-state index contributed by atoms with van der Waals surface area (Å²) < 4.78 is 2.93. The molecule has 0 aliphatic rings. The van der Waals surface area contributed by atoms with Crippen LogP contribution < -0.4 is 5.32 Å². The lowest BCUT2D eigenvalue weighted by Crippen LogP contribution is -2.16. The molecule has 0 fully saturated rings. The summed E-state index contributed by atoms with van der Waals surface area (Å²) in [7, 11) is 0. The summed E-state index contributed by atoms with van der Waals surface area (Å²) in [6.07, 6.45) is 3.86. The van der Waals surface area contributed by atoms with E-state index in [1.165, 1.54) is 5.56 Å². The van der Waals surface area contributed by atoms with Crippen molar-refractivity contribution < 1.29 is 4.79 Å². The number of hydrogen-bond donors (Lipinski definition) is 1. The first-order valence-corrected chi connectivity index (χ1v) is 7.79. The van der Waals surface area contributed by atoms with Gasteiger partial charge in [-0.3, -0.25) is 4.79 Å². The van der Waals surface area contributed by atoms with Crippen molar-refractivity contribution in [2.24, 2.45) is 0 Å². The topological polar surface area (TPSA) is 46.9 Å². The van der Waals surface area contributed by atoms with Crippen LogP contribution in [0.4, 0.5) is 5.82 Å². The van der Waals surface area contributed by atoms with Gasteiger partial charge in [0, 0.05) is 21.7 Å². The molecule has 5 heteroatoms. The number of carbonyl (C=O) groups is 1. The Morgan fingerprint density at radius 3 is 2.90 bits per heavy atom. The van der Waals surface area contributed by atoms with Crippen molar-refractivity contribution in [1.82, 2.24) is 9.78 Å². The molecule has 0 saturated carbocycles. The fourth-order valence-electron chi connectivity index (χ4n) is 1.85. The minimum Gasteiger partial charge on any atom is -0.307 e. The SMILES string of the molecule is CCCCn1nccc1NC(=O)c1ccc(C)c(I)c1. The quantitative estimate of drug-likeness (QED) is 0.798. The van der Waals surface area contributed by atoms with Gasteiger partial charge in [-0.25, -0.2) is 4.68 Å². The molecule has 1 heterocycles. The first-order valence-electron chi connectivity index (χ1n) is 6.71. The van der Waals surface area contributed by atoms with Gasteiger partial charge in [-0.1, -0.05) is 19.4 Å². The average Bonchev–Trinajstić information content (AvgIpc) is 2.86. The molecule has 0 spiro atoms. The maximum absolute atomic E-state index is 12.2. The van der Waals surface area contributed by atoms with E-state index < -0.39 is 0 Å². The number of hydrogen-bond acceptors (Lipinski definition) is 2. The second-order valence-corrected chi connectivity index (χ2v) is 5.87. The van der Waals surface area contributed by atoms with Crippen molar-refractivity contribution in [1.29, 1.82) is 0 Å². The van der Waals surface area contributed by atoms with E-state index in [2.05, 4.69) is 39.9 Å². The van der Waals surface area contributed by atoms with Gasteiger partial charge in [0.25, 0.3) is 5.91 Å². The Labute approximate surface area is 132 Å². The lowest BCUT2D eigenvalue weighted by molar-refractivity contribution is 0.102. The van der Waals surface area contributed by atoms with Gasteiger partial charge in [0.1, 0.15) is 5.82 Å². The van der Waals surface area contributed by atoms with E-state index in [1.807, 2.05) is 35.9 Å². The minimum absolute atomic E-state index is 0.0961. The molecule has 0 unspecified atom stereocenters. The molecule has 4 nitrogen and oxygen atoms in total. The molecule has 0 saturated heterocycles. The van der Waals surface area contributed by atoms with Gasteiger partial charge < -0.3 is 5.32 Å². The summed E-state index contributed by atoms with van der Waals surface area (Å²) >= 11 is 2.24. The van der Waals surface area contributed by atoms with Crippen molar-refractivity contribution in [3.8, 4) is 0 Å². The maximum Gasteiger partial charge on any atom is 0.256 e. The Hall–Kier alpha value is -1.37. The van der Waals surface area contributed by atoms with Crippen LogP contribution in [0.5, 0.6) is 0 Å². The van der Waals surface area contributed by atoms with E-state index in [4.69, 9.17) is 0 Å². The number of rotatable bonds is 5. The first-order chi connectivity index (χ1) is 9.61. The van der Waals surface area contributed by atoms with Gasteiger partial charge >= 0.3 is 0 Å². The predicted octanol–water partition coefficient (Wildman–Crippen LogP) is 3.85. The number of carbonyl (C=O) groups excluding carboxylic acids is 1. The van der Waals surface area contributed by atoms with Gasteiger partial charge in [-0.05, 0) is 53.6 Å². The molecular formula is C15H18IN3O. The summed E-state index contributed by atoms with van der Waals surface area (Å²) in [5.74, 6) is 0.653. The highest BCUT2D eigenvalue weighted by atomic mass is 127. The largest absolute Gasteiger partial charge is 0.307 e. The van der Waals surface area contributed by atoms with E-state index in [0.29, 0.717) is 5.56 Å². The van der Waals surface area contributed by atoms with Crippen LogP contribution >= 0.6 is 22.6 Å². The van der Waals surface area contributed by atoms with Crippen molar-refractivity contribution in [3.63, 3.8) is 0 Å². The van der Waals surface area contributed by atoms with E-state index in [1.54, 1.807) is 6.20 Å². The average molecular weight is 383 g/mol. The minimum atomic E-state index is -0.0961. The van der Waals surface area contributed by atoms with Crippen molar-refractivity contribution in [3.05, 3.63) is 45.2 Å². The molecule has 2 aromatic rings. The van der Waals surface area contributed by atoms with Crippen molar-refractivity contribution in [2.45, 2.75) is 33.2 Å². The smallest absolute Gasteiger partial charge is 0.256 e. The fraction of sp³-hybridized carbons (Fsp3) is 0.333. The van der Waals surface area contributed by atoms with Crippen molar-refractivity contribution >= 4 is 34.3 Å². The second kappa shape index (κ2) is 6.88. The Morgan fingerprint density at radius 1 is 1.40 bits per heavy atom. The standard InChI is InChI=1S/C15H18IN3O/c1-3-4-9-19-14(7-8-17-19)18-15(20)12-6-5-11(2)13(16)10-12/h5-8,10H,3-4,9H2,1-2H3,(H,18,20). The summed E-state index contributed by atoms with van der Waals surface area (Å²) in [5.41, 5.74) is 1.85. The van der Waals surface area contributed by atoms with Gasteiger partial charge in [-0.2, -0.15) is 5.10 Å². The fourth-order valence-corrected chi connectivity index (χ4v) is 2.36. The van der Waals surface area contributed by atoms with E-state index in [0.717, 1.165) is 28.8 Å². The third-order valence-corrected chi connectivity index (χ3v) is 4.28. The Morgan fingerprint density at radius 2 is 2.20 bits per heavy atom. The monoisotopic (exact) mass is 383 g/mol. The van der Waals surface area contributed by atoms with Gasteiger partial charge in [0.05, 0.1) is 6.20 Å². The number of anilines is 1. The van der Waals surface area contributed by atoms with Crippen LogP contribution in [0, 0.1) is 10.5 Å². The number of unbranched alkanes of at least 4 members (excludes halogenated alkanes) is 1. The lowest BCUT2D eigenvalue weighted by Gasteiger charge is -2.09. The van der Waals surface area contributed by atoms with Crippen LogP contribution in [0.25, 0.3) is 0 Å². The molecule has 0 radical (unpaired) electrons. The number of aryl methyl sites for hydroxylation is 2. The Bertz CT molecular complexity index is 607. The third kappa shape index (κ3) is 3.59. The highest BCUT2D eigenvalue weighted by Gasteiger charge is 2.10. The van der Waals surface area contributed by atoms with Crippen LogP contribution in [0.15, 0.2) is 30.5 Å². The van der Waals surface area contributed by atoms with Gasteiger partial charge in [0.15, 0.2) is 0 Å². The van der Waals surface area contributed by atoms with E-state index in [-0.39, 0.29) is 5.91 Å². The normalized spacial score (nSPS) is 10.6. The zero-order valence-electron chi connectivity index (χ0n) is 11.7. The third-order valence-electron chi connectivity index (χ3n) is 3.12. The number of halogens is 1.